The summed E-state index contributed by atoms with van der Waals surface area (Å²) in [6.07, 6.45) is -2.68. The molecule has 2 rings (SSSR count). The minimum atomic E-state index is -4.88. The fourth-order valence-corrected chi connectivity index (χ4v) is 1.59. The number of ether oxygens (including phenoxy) is 1. The number of oxime groups is 1. The average molecular weight is 287 g/mol. The van der Waals surface area contributed by atoms with Crippen molar-refractivity contribution >= 4 is 11.8 Å². The number of halogens is 3. The van der Waals surface area contributed by atoms with Crippen LogP contribution in [0.2, 0.25) is 0 Å². The predicted molar refractivity (Wildman–Crippen MR) is 66.2 cm³/mol. The number of alkyl halides is 3. The van der Waals surface area contributed by atoms with E-state index in [-0.39, 0.29) is 5.71 Å². The van der Waals surface area contributed by atoms with Crippen molar-refractivity contribution in [3.8, 4) is 5.75 Å². The average Bonchev–Trinajstić information content (AvgIpc) is 2.80. The topological polar surface area (TPSA) is 51.0 Å². The van der Waals surface area contributed by atoms with Gasteiger partial charge in [-0.1, -0.05) is 23.4 Å². The minimum absolute atomic E-state index is 0.0145. The van der Waals surface area contributed by atoms with Gasteiger partial charge in [0, 0.05) is 0 Å². The van der Waals surface area contributed by atoms with Crippen LogP contribution in [-0.4, -0.2) is 29.9 Å². The van der Waals surface area contributed by atoms with E-state index in [0.29, 0.717) is 5.75 Å². The molecule has 0 saturated heterocycles. The van der Waals surface area contributed by atoms with Gasteiger partial charge in [-0.3, -0.25) is 0 Å². The Morgan fingerprint density at radius 1 is 1.30 bits per heavy atom. The second-order valence-electron chi connectivity index (χ2n) is 4.24. The largest absolute Gasteiger partial charge is 0.497 e. The molecule has 1 aromatic rings. The molecule has 1 aromatic carbocycles. The molecule has 0 fully saturated rings. The van der Waals surface area contributed by atoms with Crippen LogP contribution in [0, 0.1) is 0 Å². The van der Waals surface area contributed by atoms with Crippen molar-refractivity contribution in [2.45, 2.75) is 18.4 Å². The Hall–Kier alpha value is -2.02. The van der Waals surface area contributed by atoms with Crippen molar-refractivity contribution in [1.29, 1.82) is 0 Å². The third-order valence-corrected chi connectivity index (χ3v) is 2.76. The molecular weight excluding hydrogens is 275 g/mol. The van der Waals surface area contributed by atoms with Gasteiger partial charge in [0.15, 0.2) is 0 Å². The van der Waals surface area contributed by atoms with Crippen LogP contribution in [0.15, 0.2) is 35.5 Å². The monoisotopic (exact) mass is 287 g/mol. The van der Waals surface area contributed by atoms with Crippen molar-refractivity contribution in [2.75, 3.05) is 7.11 Å². The molecular formula is C13H12F3NO3. The quantitative estimate of drug-likeness (QED) is 0.930. The van der Waals surface area contributed by atoms with Gasteiger partial charge in [0.05, 0.1) is 19.2 Å². The number of nitrogens with zero attached hydrogens (tertiary/aromatic N) is 1. The molecule has 0 bridgehead atoms. The zero-order valence-electron chi connectivity index (χ0n) is 10.5. The first-order valence-electron chi connectivity index (χ1n) is 5.70. The van der Waals surface area contributed by atoms with Crippen LogP contribution in [0.4, 0.5) is 13.2 Å². The Labute approximate surface area is 113 Å². The molecule has 20 heavy (non-hydrogen) atoms. The molecule has 1 aliphatic rings. The summed E-state index contributed by atoms with van der Waals surface area (Å²) in [7, 11) is 1.54. The molecule has 7 heteroatoms. The molecule has 1 N–H and O–H groups in total. The Kier molecular flexibility index (Phi) is 3.71. The van der Waals surface area contributed by atoms with E-state index in [1.807, 2.05) is 0 Å². The van der Waals surface area contributed by atoms with E-state index in [1.54, 1.807) is 30.3 Å². The lowest BCUT2D eigenvalue weighted by Gasteiger charge is -2.22. The number of hydrogen-bond donors (Lipinski definition) is 1. The van der Waals surface area contributed by atoms with Gasteiger partial charge in [0.2, 0.25) is 0 Å². The molecule has 0 radical (unpaired) electrons. The standard InChI is InChI=1S/C13H12F3NO3/c1-19-11-6-3-9(4-7-11)2-5-10-8-12(18,20-17-10)13(14,15)16/h2-7,18H,8H2,1H3/t12-/m0/s1. The third kappa shape index (κ3) is 2.93. The van der Waals surface area contributed by atoms with E-state index in [9.17, 15) is 18.3 Å². The number of rotatable bonds is 3. The molecule has 1 aliphatic heterocycles. The highest BCUT2D eigenvalue weighted by molar-refractivity contribution is 5.99. The Bertz CT molecular complexity index is 537. The maximum Gasteiger partial charge on any atom is 0.458 e. The summed E-state index contributed by atoms with van der Waals surface area (Å²) in [6.45, 7) is 0. The van der Waals surface area contributed by atoms with Gasteiger partial charge in [-0.2, -0.15) is 13.2 Å². The zero-order valence-corrected chi connectivity index (χ0v) is 10.5. The number of aliphatic hydroxyl groups is 1. The fourth-order valence-electron chi connectivity index (χ4n) is 1.59. The molecule has 0 spiro atoms. The van der Waals surface area contributed by atoms with Crippen LogP contribution in [0.1, 0.15) is 12.0 Å². The maximum atomic E-state index is 12.5. The SMILES string of the molecule is COc1ccc(C=CC2=NO[C@](O)(C(F)(F)F)C2)cc1. The van der Waals surface area contributed by atoms with Crippen LogP contribution in [0.5, 0.6) is 5.75 Å². The van der Waals surface area contributed by atoms with E-state index in [0.717, 1.165) is 5.56 Å². The van der Waals surface area contributed by atoms with Gasteiger partial charge in [0.25, 0.3) is 0 Å². The summed E-state index contributed by atoms with van der Waals surface area (Å²) in [5, 5.41) is 12.5. The van der Waals surface area contributed by atoms with Gasteiger partial charge in [-0.15, -0.1) is 0 Å². The molecule has 0 unspecified atom stereocenters. The predicted octanol–water partition coefficient (Wildman–Crippen LogP) is 2.74. The molecule has 4 nitrogen and oxygen atoms in total. The Morgan fingerprint density at radius 2 is 1.95 bits per heavy atom. The van der Waals surface area contributed by atoms with Crippen molar-refractivity contribution in [1.82, 2.24) is 0 Å². The third-order valence-electron chi connectivity index (χ3n) is 2.76. The van der Waals surface area contributed by atoms with E-state index >= 15 is 0 Å². The van der Waals surface area contributed by atoms with Crippen molar-refractivity contribution in [2.24, 2.45) is 5.16 Å². The van der Waals surface area contributed by atoms with Crippen LogP contribution in [0.3, 0.4) is 0 Å². The van der Waals surface area contributed by atoms with E-state index < -0.39 is 18.4 Å². The van der Waals surface area contributed by atoms with Gasteiger partial charge in [-0.25, -0.2) is 0 Å². The number of allylic oxidation sites excluding steroid dienone is 1. The maximum absolute atomic E-state index is 12.5. The first-order chi connectivity index (χ1) is 9.34. The second-order valence-corrected chi connectivity index (χ2v) is 4.24. The summed E-state index contributed by atoms with van der Waals surface area (Å²) in [5.41, 5.74) is 0.775. The summed E-state index contributed by atoms with van der Waals surface area (Å²) in [5.74, 6) is -2.55. The van der Waals surface area contributed by atoms with Gasteiger partial charge >= 0.3 is 12.0 Å². The minimum Gasteiger partial charge on any atom is -0.497 e. The van der Waals surface area contributed by atoms with Gasteiger partial charge in [-0.05, 0) is 23.8 Å². The summed E-state index contributed by atoms with van der Waals surface area (Å²) in [4.78, 5) is 4.09. The second kappa shape index (κ2) is 5.16. The smallest absolute Gasteiger partial charge is 0.458 e. The molecule has 0 aliphatic carbocycles. The molecule has 1 heterocycles. The highest BCUT2D eigenvalue weighted by Crippen LogP contribution is 2.38. The lowest BCUT2D eigenvalue weighted by Crippen LogP contribution is -2.45. The number of methoxy groups -OCH3 is 1. The first-order valence-corrected chi connectivity index (χ1v) is 5.70. The van der Waals surface area contributed by atoms with Crippen molar-refractivity contribution in [3.63, 3.8) is 0 Å². The van der Waals surface area contributed by atoms with Gasteiger partial charge < -0.3 is 14.7 Å². The molecule has 108 valence electrons. The van der Waals surface area contributed by atoms with Crippen molar-refractivity contribution < 1.29 is 27.9 Å². The summed E-state index contributed by atoms with van der Waals surface area (Å²) >= 11 is 0. The van der Waals surface area contributed by atoms with E-state index in [4.69, 9.17) is 4.74 Å². The molecule has 0 saturated carbocycles. The van der Waals surface area contributed by atoms with Crippen LogP contribution in [0.25, 0.3) is 6.08 Å². The first kappa shape index (κ1) is 14.4. The highest BCUT2D eigenvalue weighted by Gasteiger charge is 2.60. The molecule has 1 atom stereocenters. The lowest BCUT2D eigenvalue weighted by molar-refractivity contribution is -0.355. The van der Waals surface area contributed by atoms with E-state index in [2.05, 4.69) is 9.99 Å². The number of hydrogen-bond acceptors (Lipinski definition) is 4. The van der Waals surface area contributed by atoms with Crippen molar-refractivity contribution in [3.05, 3.63) is 35.9 Å². The molecule has 0 aromatic heterocycles. The Balaban J connectivity index is 2.03. The van der Waals surface area contributed by atoms with Crippen LogP contribution < -0.4 is 4.74 Å². The van der Waals surface area contributed by atoms with Gasteiger partial charge in [0.1, 0.15) is 5.75 Å². The summed E-state index contributed by atoms with van der Waals surface area (Å²) < 4.78 is 42.4. The fraction of sp³-hybridized carbons (Fsp3) is 0.308. The van der Waals surface area contributed by atoms with Crippen LogP contribution >= 0.6 is 0 Å². The summed E-state index contributed by atoms with van der Waals surface area (Å²) in [6, 6.07) is 6.92. The number of benzene rings is 1. The van der Waals surface area contributed by atoms with E-state index in [1.165, 1.54) is 13.2 Å². The normalized spacial score (nSPS) is 22.8. The molecule has 0 amide bonds. The Morgan fingerprint density at radius 3 is 2.45 bits per heavy atom. The highest BCUT2D eigenvalue weighted by atomic mass is 19.4. The zero-order chi connectivity index (χ0) is 14.8. The van der Waals surface area contributed by atoms with Crippen LogP contribution in [-0.2, 0) is 4.84 Å². The lowest BCUT2D eigenvalue weighted by atomic mass is 10.1.